The third-order valence-electron chi connectivity index (χ3n) is 4.19. The van der Waals surface area contributed by atoms with Crippen LogP contribution in [0.3, 0.4) is 0 Å². The second-order valence-corrected chi connectivity index (χ2v) is 6.04. The summed E-state index contributed by atoms with van der Waals surface area (Å²) in [5.74, 6) is -1.06. The molecule has 128 valence electrons. The van der Waals surface area contributed by atoms with E-state index in [0.717, 1.165) is 44.5 Å². The summed E-state index contributed by atoms with van der Waals surface area (Å²) in [6.45, 7) is 5.54. The van der Waals surface area contributed by atoms with Crippen LogP contribution in [-0.2, 0) is 24.4 Å². The largest absolute Gasteiger partial charge is 0.379 e. The van der Waals surface area contributed by atoms with E-state index < -0.39 is 11.6 Å². The lowest BCUT2D eigenvalue weighted by molar-refractivity contribution is 0.0342. The van der Waals surface area contributed by atoms with Gasteiger partial charge in [-0.1, -0.05) is 30.3 Å². The summed E-state index contributed by atoms with van der Waals surface area (Å²) in [6, 6.07) is 12.1. The van der Waals surface area contributed by atoms with E-state index in [1.165, 1.54) is 17.7 Å². The molecule has 1 saturated heterocycles. The van der Waals surface area contributed by atoms with Crippen molar-refractivity contribution in [3.05, 3.63) is 70.8 Å². The zero-order valence-corrected chi connectivity index (χ0v) is 13.6. The highest BCUT2D eigenvalue weighted by atomic mass is 19.1. The molecule has 0 aromatic heterocycles. The van der Waals surface area contributed by atoms with E-state index in [0.29, 0.717) is 18.7 Å². The summed E-state index contributed by atoms with van der Waals surface area (Å²) in [7, 11) is 0. The number of nitrogens with one attached hydrogen (secondary N) is 1. The van der Waals surface area contributed by atoms with Crippen molar-refractivity contribution >= 4 is 0 Å². The Bertz CT molecular complexity index is 655. The van der Waals surface area contributed by atoms with Gasteiger partial charge in [-0.2, -0.15) is 0 Å². The number of morpholine rings is 1. The van der Waals surface area contributed by atoms with Crippen molar-refractivity contribution in [2.24, 2.45) is 0 Å². The van der Waals surface area contributed by atoms with Crippen molar-refractivity contribution in [2.75, 3.05) is 26.3 Å². The number of hydrogen-bond donors (Lipinski definition) is 1. The van der Waals surface area contributed by atoms with Crippen LogP contribution in [0.25, 0.3) is 0 Å². The van der Waals surface area contributed by atoms with Crippen molar-refractivity contribution in [3.63, 3.8) is 0 Å². The minimum absolute atomic E-state index is 0.377. The monoisotopic (exact) mass is 332 g/mol. The normalized spacial score (nSPS) is 15.6. The van der Waals surface area contributed by atoms with Gasteiger partial charge in [0.25, 0.3) is 0 Å². The Morgan fingerprint density at radius 3 is 2.33 bits per heavy atom. The Morgan fingerprint density at radius 2 is 1.62 bits per heavy atom. The molecule has 0 bridgehead atoms. The minimum atomic E-state index is -0.549. The predicted molar refractivity (Wildman–Crippen MR) is 89.4 cm³/mol. The summed E-state index contributed by atoms with van der Waals surface area (Å²) in [6.07, 6.45) is 0. The molecule has 0 unspecified atom stereocenters. The summed E-state index contributed by atoms with van der Waals surface area (Å²) in [5.41, 5.74) is 2.90. The third-order valence-corrected chi connectivity index (χ3v) is 4.19. The van der Waals surface area contributed by atoms with Gasteiger partial charge in [-0.25, -0.2) is 8.78 Å². The summed E-state index contributed by atoms with van der Waals surface area (Å²) >= 11 is 0. The topological polar surface area (TPSA) is 24.5 Å². The molecular weight excluding hydrogens is 310 g/mol. The number of nitrogens with zero attached hydrogens (tertiary/aromatic N) is 1. The first-order valence-electron chi connectivity index (χ1n) is 8.23. The summed E-state index contributed by atoms with van der Waals surface area (Å²) < 4.78 is 31.8. The lowest BCUT2D eigenvalue weighted by Gasteiger charge is -2.26. The smallest absolute Gasteiger partial charge is 0.130 e. The van der Waals surface area contributed by atoms with Gasteiger partial charge >= 0.3 is 0 Å². The second-order valence-electron chi connectivity index (χ2n) is 6.04. The molecule has 1 fully saturated rings. The van der Waals surface area contributed by atoms with Gasteiger partial charge in [-0.3, -0.25) is 4.90 Å². The molecule has 5 heteroatoms. The number of ether oxygens (including phenoxy) is 1. The Hall–Kier alpha value is -1.82. The summed E-state index contributed by atoms with van der Waals surface area (Å²) in [4.78, 5) is 2.38. The molecule has 3 rings (SSSR count). The first kappa shape index (κ1) is 17.0. The zero-order chi connectivity index (χ0) is 16.8. The molecule has 1 N–H and O–H groups in total. The van der Waals surface area contributed by atoms with E-state index in [9.17, 15) is 8.78 Å². The molecule has 1 aliphatic rings. The van der Waals surface area contributed by atoms with Crippen LogP contribution < -0.4 is 5.32 Å². The molecule has 24 heavy (non-hydrogen) atoms. The van der Waals surface area contributed by atoms with Crippen molar-refractivity contribution in [3.8, 4) is 0 Å². The molecule has 3 nitrogen and oxygen atoms in total. The van der Waals surface area contributed by atoms with E-state index in [4.69, 9.17) is 4.74 Å². The van der Waals surface area contributed by atoms with Crippen molar-refractivity contribution < 1.29 is 13.5 Å². The lowest BCUT2D eigenvalue weighted by Crippen LogP contribution is -2.35. The van der Waals surface area contributed by atoms with Crippen molar-refractivity contribution in [2.45, 2.75) is 19.6 Å². The molecule has 2 aromatic rings. The molecule has 1 aliphatic heterocycles. The molecular formula is C19H22F2N2O. The van der Waals surface area contributed by atoms with Crippen LogP contribution in [0.2, 0.25) is 0 Å². The van der Waals surface area contributed by atoms with Gasteiger partial charge in [0, 0.05) is 44.4 Å². The van der Waals surface area contributed by atoms with Crippen LogP contribution in [0.1, 0.15) is 16.7 Å². The van der Waals surface area contributed by atoms with E-state index in [1.54, 1.807) is 0 Å². The molecule has 0 radical (unpaired) electrons. The Morgan fingerprint density at radius 1 is 0.917 bits per heavy atom. The van der Waals surface area contributed by atoms with Crippen LogP contribution in [0.15, 0.2) is 42.5 Å². The molecule has 0 aliphatic carbocycles. The number of benzene rings is 2. The Kier molecular flexibility index (Phi) is 5.91. The highest BCUT2D eigenvalue weighted by Gasteiger charge is 2.10. The van der Waals surface area contributed by atoms with E-state index in [-0.39, 0.29) is 0 Å². The van der Waals surface area contributed by atoms with Gasteiger partial charge in [0.05, 0.1) is 13.2 Å². The Balaban J connectivity index is 1.47. The third kappa shape index (κ3) is 4.84. The highest BCUT2D eigenvalue weighted by Crippen LogP contribution is 2.11. The molecule has 1 heterocycles. The quantitative estimate of drug-likeness (QED) is 0.880. The average Bonchev–Trinajstić information content (AvgIpc) is 2.59. The maximum absolute atomic E-state index is 13.6. The fourth-order valence-electron chi connectivity index (χ4n) is 2.79. The number of rotatable bonds is 6. The standard InChI is InChI=1S/C19H22F2N2O/c20-18-6-5-17(19(21)11-18)13-22-12-15-1-3-16(4-2-15)14-23-7-9-24-10-8-23/h1-6,11,22H,7-10,12-14H2. The van der Waals surface area contributed by atoms with Gasteiger partial charge in [-0.05, 0) is 17.2 Å². The highest BCUT2D eigenvalue weighted by molar-refractivity contribution is 5.23. The van der Waals surface area contributed by atoms with Gasteiger partial charge < -0.3 is 10.1 Å². The van der Waals surface area contributed by atoms with Crippen LogP contribution >= 0.6 is 0 Å². The molecule has 0 saturated carbocycles. The van der Waals surface area contributed by atoms with Crippen LogP contribution in [0.4, 0.5) is 8.78 Å². The van der Waals surface area contributed by atoms with E-state index in [2.05, 4.69) is 34.5 Å². The maximum atomic E-state index is 13.6. The van der Waals surface area contributed by atoms with Crippen LogP contribution in [0, 0.1) is 11.6 Å². The van der Waals surface area contributed by atoms with Gasteiger partial charge in [0.2, 0.25) is 0 Å². The lowest BCUT2D eigenvalue weighted by atomic mass is 10.1. The Labute approximate surface area is 141 Å². The zero-order valence-electron chi connectivity index (χ0n) is 13.6. The fraction of sp³-hybridized carbons (Fsp3) is 0.368. The fourth-order valence-corrected chi connectivity index (χ4v) is 2.79. The predicted octanol–water partition coefficient (Wildman–Crippen LogP) is 3.09. The van der Waals surface area contributed by atoms with Gasteiger partial charge in [0.1, 0.15) is 11.6 Å². The molecule has 0 atom stereocenters. The SMILES string of the molecule is Fc1ccc(CNCc2ccc(CN3CCOCC3)cc2)c(F)c1. The van der Waals surface area contributed by atoms with Crippen LogP contribution in [-0.4, -0.2) is 31.2 Å². The van der Waals surface area contributed by atoms with Crippen LogP contribution in [0.5, 0.6) is 0 Å². The van der Waals surface area contributed by atoms with Crippen molar-refractivity contribution in [1.29, 1.82) is 0 Å². The van der Waals surface area contributed by atoms with Gasteiger partial charge in [0.15, 0.2) is 0 Å². The van der Waals surface area contributed by atoms with Gasteiger partial charge in [-0.15, -0.1) is 0 Å². The first-order valence-corrected chi connectivity index (χ1v) is 8.23. The number of halogens is 2. The molecule has 2 aromatic carbocycles. The minimum Gasteiger partial charge on any atom is -0.379 e. The molecule has 0 amide bonds. The second kappa shape index (κ2) is 8.33. The first-order chi connectivity index (χ1) is 11.7. The summed E-state index contributed by atoms with van der Waals surface area (Å²) in [5, 5.41) is 3.19. The maximum Gasteiger partial charge on any atom is 0.130 e. The number of hydrogen-bond acceptors (Lipinski definition) is 3. The average molecular weight is 332 g/mol. The van der Waals surface area contributed by atoms with Crippen molar-refractivity contribution in [1.82, 2.24) is 10.2 Å². The molecule has 0 spiro atoms. The van der Waals surface area contributed by atoms with E-state index >= 15 is 0 Å². The van der Waals surface area contributed by atoms with E-state index in [1.807, 2.05) is 0 Å².